The molecule has 1 aromatic heterocycles. The fourth-order valence-corrected chi connectivity index (χ4v) is 3.21. The third-order valence-electron chi connectivity index (χ3n) is 3.16. The van der Waals surface area contributed by atoms with Crippen LogP contribution in [0.15, 0.2) is 35.4 Å². The molecule has 9 nitrogen and oxygen atoms in total. The van der Waals surface area contributed by atoms with Gasteiger partial charge in [0.05, 0.1) is 16.8 Å². The predicted molar refractivity (Wildman–Crippen MR) is 86.0 cm³/mol. The van der Waals surface area contributed by atoms with Crippen molar-refractivity contribution in [2.24, 2.45) is 5.73 Å². The van der Waals surface area contributed by atoms with E-state index in [1.807, 2.05) is 0 Å². The number of hydrogen-bond acceptors (Lipinski definition) is 6. The predicted octanol–water partition coefficient (Wildman–Crippen LogP) is 1.06. The average molecular weight is 373 g/mol. The van der Waals surface area contributed by atoms with Gasteiger partial charge >= 0.3 is 5.97 Å². The van der Waals surface area contributed by atoms with E-state index in [9.17, 15) is 19.5 Å². The van der Waals surface area contributed by atoms with E-state index in [0.717, 1.165) is 4.09 Å². The number of nitro benzene ring substituents is 1. The monoisotopic (exact) mass is 372 g/mol. The Morgan fingerprint density at radius 1 is 1.46 bits per heavy atom. The van der Waals surface area contributed by atoms with Crippen molar-refractivity contribution in [1.82, 2.24) is 9.07 Å². The highest BCUT2D eigenvalue weighted by atomic mass is 35.5. The van der Waals surface area contributed by atoms with Gasteiger partial charge in [-0.15, -0.1) is 0 Å². The smallest absolute Gasteiger partial charge is 0.320 e. The summed E-state index contributed by atoms with van der Waals surface area (Å²) in [5.74, 6) is -0.909. The fourth-order valence-electron chi connectivity index (χ4n) is 1.88. The van der Waals surface area contributed by atoms with Crippen LogP contribution in [0.3, 0.4) is 0 Å². The largest absolute Gasteiger partial charge is 0.611 e. The maximum Gasteiger partial charge on any atom is 0.320 e. The number of hydrogen-bond donors (Lipinski definition) is 2. The maximum absolute atomic E-state index is 12.3. The first-order valence-corrected chi connectivity index (χ1v) is 8.28. The Morgan fingerprint density at radius 2 is 2.08 bits per heavy atom. The summed E-state index contributed by atoms with van der Waals surface area (Å²) in [6.45, 7) is 0. The lowest BCUT2D eigenvalue weighted by molar-refractivity contribution is -0.384. The number of aliphatic carboxylic acids is 1. The van der Waals surface area contributed by atoms with Crippen LogP contribution in [0.5, 0.6) is 0 Å². The molecule has 0 aliphatic carbocycles. The molecular weight excluding hydrogens is 360 g/mol. The summed E-state index contributed by atoms with van der Waals surface area (Å²) in [5.41, 5.74) is 5.74. The van der Waals surface area contributed by atoms with Gasteiger partial charge in [0.25, 0.3) is 5.69 Å². The minimum atomic E-state index is -1.51. The molecule has 0 saturated heterocycles. The number of carboxylic acids is 1. The van der Waals surface area contributed by atoms with Crippen molar-refractivity contribution in [1.29, 1.82) is 0 Å². The Labute approximate surface area is 144 Å². The summed E-state index contributed by atoms with van der Waals surface area (Å²) in [6.07, 6.45) is 1.36. The molecule has 0 aliphatic heterocycles. The summed E-state index contributed by atoms with van der Waals surface area (Å²) >= 11 is 4.54. The van der Waals surface area contributed by atoms with E-state index >= 15 is 0 Å². The lowest BCUT2D eigenvalue weighted by Gasteiger charge is -2.10. The van der Waals surface area contributed by atoms with Gasteiger partial charge in [-0.2, -0.15) is 0 Å². The van der Waals surface area contributed by atoms with Gasteiger partial charge in [0, 0.05) is 42.5 Å². The normalized spacial score (nSPS) is 13.5. The van der Waals surface area contributed by atoms with Crippen molar-refractivity contribution >= 4 is 34.6 Å². The second kappa shape index (κ2) is 7.62. The highest BCUT2D eigenvalue weighted by Gasteiger charge is 2.21. The third-order valence-corrected chi connectivity index (χ3v) is 4.89. The van der Waals surface area contributed by atoms with E-state index < -0.39 is 28.1 Å². The van der Waals surface area contributed by atoms with Crippen molar-refractivity contribution in [3.63, 3.8) is 0 Å². The molecule has 0 fully saturated rings. The molecule has 0 spiro atoms. The molecule has 2 aromatic rings. The van der Waals surface area contributed by atoms with E-state index in [1.54, 1.807) is 0 Å². The van der Waals surface area contributed by atoms with Crippen molar-refractivity contribution < 1.29 is 19.4 Å². The maximum atomic E-state index is 12.3. The number of nitro groups is 1. The molecule has 11 heteroatoms. The van der Waals surface area contributed by atoms with Crippen LogP contribution in [0.2, 0.25) is 0 Å². The van der Waals surface area contributed by atoms with Gasteiger partial charge in [-0.25, -0.2) is 9.07 Å². The summed E-state index contributed by atoms with van der Waals surface area (Å²) in [7, 11) is 0. The number of benzene rings is 1. The Balaban J connectivity index is 2.09. The molecule has 2 atom stereocenters. The summed E-state index contributed by atoms with van der Waals surface area (Å²) in [5, 5.41) is 19.4. The highest BCUT2D eigenvalue weighted by molar-refractivity contribution is 7.90. The molecule has 3 N–H and O–H groups in total. The highest BCUT2D eigenvalue weighted by Crippen LogP contribution is 2.21. The van der Waals surface area contributed by atoms with Crippen molar-refractivity contribution in [2.75, 3.05) is 0 Å². The molecule has 0 radical (unpaired) electrons. The number of halogens is 1. The first-order chi connectivity index (χ1) is 11.3. The van der Waals surface area contributed by atoms with Crippen molar-refractivity contribution in [3.8, 4) is 0 Å². The van der Waals surface area contributed by atoms with Gasteiger partial charge in [0.1, 0.15) is 6.04 Å². The summed E-state index contributed by atoms with van der Waals surface area (Å²) < 4.78 is 13.4. The van der Waals surface area contributed by atoms with Crippen LogP contribution in [0.4, 0.5) is 5.69 Å². The zero-order valence-corrected chi connectivity index (χ0v) is 13.7. The van der Waals surface area contributed by atoms with Crippen molar-refractivity contribution in [3.05, 3.63) is 52.1 Å². The SMILES string of the molecule is N[C@@H](Cc1cnc(C[S+]([O-])c2ccc([N+](=O)[O-])cc2)n1Cl)C(=O)O. The van der Waals surface area contributed by atoms with Gasteiger partial charge in [-0.05, 0) is 11.2 Å². The lowest BCUT2D eigenvalue weighted by Crippen LogP contribution is -2.32. The minimum absolute atomic E-state index is 0.0179. The number of imidazole rings is 1. The molecule has 0 aliphatic rings. The first-order valence-electron chi connectivity index (χ1n) is 6.62. The summed E-state index contributed by atoms with van der Waals surface area (Å²) in [4.78, 5) is 25.2. The molecule has 1 unspecified atom stereocenters. The Hall–Kier alpha value is -2.14. The second-order valence-electron chi connectivity index (χ2n) is 4.84. The van der Waals surface area contributed by atoms with Crippen LogP contribution in [-0.2, 0) is 28.1 Å². The van der Waals surface area contributed by atoms with Crippen LogP contribution in [0.1, 0.15) is 11.5 Å². The van der Waals surface area contributed by atoms with Gasteiger partial charge in [-0.1, -0.05) is 0 Å². The van der Waals surface area contributed by atoms with Crippen LogP contribution in [-0.4, -0.2) is 35.7 Å². The zero-order valence-electron chi connectivity index (χ0n) is 12.2. The Kier molecular flexibility index (Phi) is 5.78. The number of aromatic nitrogens is 2. The molecule has 24 heavy (non-hydrogen) atoms. The van der Waals surface area contributed by atoms with E-state index in [4.69, 9.17) is 22.6 Å². The first kappa shape index (κ1) is 18.2. The van der Waals surface area contributed by atoms with E-state index in [-0.39, 0.29) is 23.7 Å². The number of nitrogens with zero attached hydrogens (tertiary/aromatic N) is 3. The minimum Gasteiger partial charge on any atom is -0.611 e. The second-order valence-corrected chi connectivity index (χ2v) is 6.63. The third kappa shape index (κ3) is 4.23. The van der Waals surface area contributed by atoms with E-state index in [2.05, 4.69) is 4.98 Å². The zero-order chi connectivity index (χ0) is 17.9. The van der Waals surface area contributed by atoms with Gasteiger partial charge < -0.3 is 15.4 Å². The van der Waals surface area contributed by atoms with Crippen LogP contribution < -0.4 is 5.73 Å². The lowest BCUT2D eigenvalue weighted by atomic mass is 10.2. The van der Waals surface area contributed by atoms with Crippen LogP contribution in [0, 0.1) is 10.1 Å². The molecule has 2 rings (SSSR count). The number of carboxylic acid groups (broad SMARTS) is 1. The van der Waals surface area contributed by atoms with Gasteiger partial charge in [0.15, 0.2) is 16.5 Å². The molecule has 1 aromatic carbocycles. The molecule has 0 bridgehead atoms. The fraction of sp³-hybridized carbons (Fsp3) is 0.231. The average Bonchev–Trinajstić information content (AvgIpc) is 2.88. The number of carbonyl (C=O) groups is 1. The van der Waals surface area contributed by atoms with Crippen LogP contribution >= 0.6 is 11.8 Å². The van der Waals surface area contributed by atoms with Crippen LogP contribution in [0.25, 0.3) is 0 Å². The number of non-ortho nitro benzene ring substituents is 1. The van der Waals surface area contributed by atoms with E-state index in [1.165, 1.54) is 30.5 Å². The quantitative estimate of drug-likeness (QED) is 0.419. The Bertz CT molecular complexity index is 751. The van der Waals surface area contributed by atoms with Gasteiger partial charge in [-0.3, -0.25) is 14.9 Å². The number of nitrogens with two attached hydrogens (primary N) is 1. The molecular formula is C13H13ClN4O5S. The number of rotatable bonds is 7. The molecule has 0 amide bonds. The molecule has 0 saturated carbocycles. The summed E-state index contributed by atoms with van der Waals surface area (Å²) in [6, 6.07) is 4.20. The molecule has 128 valence electrons. The standard InChI is InChI=1S/C13H13ClN4O5S/c14-17-9(5-11(15)13(19)20)6-16-12(17)7-24(23)10-3-1-8(2-4-10)18(21)22/h1-4,6,11H,5,7,15H2,(H,19,20)/t11-,24?/m0/s1. The molecule has 1 heterocycles. The Morgan fingerprint density at radius 3 is 2.62 bits per heavy atom. The topological polar surface area (TPSA) is 147 Å². The van der Waals surface area contributed by atoms with Crippen molar-refractivity contribution in [2.45, 2.75) is 23.1 Å². The van der Waals surface area contributed by atoms with E-state index in [0.29, 0.717) is 10.6 Å². The van der Waals surface area contributed by atoms with Gasteiger partial charge in [0.2, 0.25) is 0 Å².